The average Bonchev–Trinajstić information content (AvgIpc) is 2.62. The zero-order valence-corrected chi connectivity index (χ0v) is 12.0. The first-order valence-electron chi connectivity index (χ1n) is 4.65. The van der Waals surface area contributed by atoms with Crippen molar-refractivity contribution >= 4 is 43.3 Å². The van der Waals surface area contributed by atoms with Gasteiger partial charge in [-0.05, 0) is 50.1 Å². The van der Waals surface area contributed by atoms with Gasteiger partial charge in [0.2, 0.25) is 5.78 Å². The number of hydrogen-bond acceptors (Lipinski definition) is 4. The minimum atomic E-state index is -0.162. The quantitative estimate of drug-likeness (QED) is 0.658. The third-order valence-electron chi connectivity index (χ3n) is 2.26. The van der Waals surface area contributed by atoms with Crippen LogP contribution >= 0.6 is 31.9 Å². The number of carbonyl (C=O) groups is 1. The molecule has 1 aromatic heterocycles. The van der Waals surface area contributed by atoms with Crippen molar-refractivity contribution in [1.82, 2.24) is 15.0 Å². The smallest absolute Gasteiger partial charge is 0.213 e. The van der Waals surface area contributed by atoms with E-state index in [4.69, 9.17) is 5.73 Å². The second kappa shape index (κ2) is 4.58. The lowest BCUT2D eigenvalue weighted by Crippen LogP contribution is -2.09. The average molecular weight is 360 g/mol. The molecular formula is C10H8Br2N4O. The van der Waals surface area contributed by atoms with Gasteiger partial charge in [-0.1, -0.05) is 5.21 Å². The van der Waals surface area contributed by atoms with E-state index in [1.54, 1.807) is 25.2 Å². The molecule has 7 heteroatoms. The first-order chi connectivity index (χ1) is 8.00. The van der Waals surface area contributed by atoms with Gasteiger partial charge < -0.3 is 5.73 Å². The van der Waals surface area contributed by atoms with Crippen LogP contribution in [0.15, 0.2) is 27.3 Å². The largest absolute Gasteiger partial charge is 0.398 e. The highest BCUT2D eigenvalue weighted by molar-refractivity contribution is 9.10. The minimum absolute atomic E-state index is 0.162. The highest BCUT2D eigenvalue weighted by Gasteiger charge is 2.19. The number of rotatable bonds is 2. The number of ketones is 1. The van der Waals surface area contributed by atoms with Crippen LogP contribution in [0.2, 0.25) is 0 Å². The van der Waals surface area contributed by atoms with Gasteiger partial charge in [0.25, 0.3) is 0 Å². The van der Waals surface area contributed by atoms with Crippen molar-refractivity contribution in [3.05, 3.63) is 38.5 Å². The number of benzene rings is 1. The van der Waals surface area contributed by atoms with Gasteiger partial charge in [-0.2, -0.15) is 0 Å². The number of halogens is 2. The maximum absolute atomic E-state index is 12.2. The van der Waals surface area contributed by atoms with Gasteiger partial charge in [0.05, 0.1) is 0 Å². The van der Waals surface area contributed by atoms with Crippen LogP contribution in [0.25, 0.3) is 0 Å². The number of aryl methyl sites for hydroxylation is 1. The molecule has 2 N–H and O–H groups in total. The van der Waals surface area contributed by atoms with Gasteiger partial charge in [0.1, 0.15) is 5.69 Å². The van der Waals surface area contributed by atoms with E-state index in [-0.39, 0.29) is 5.78 Å². The Hall–Kier alpha value is -1.21. The van der Waals surface area contributed by atoms with Crippen molar-refractivity contribution in [2.24, 2.45) is 7.05 Å². The van der Waals surface area contributed by atoms with Gasteiger partial charge in [-0.25, -0.2) is 4.68 Å². The molecule has 0 aliphatic rings. The summed E-state index contributed by atoms with van der Waals surface area (Å²) in [6.07, 6.45) is 0. The summed E-state index contributed by atoms with van der Waals surface area (Å²) in [4.78, 5) is 12.2. The fraction of sp³-hybridized carbons (Fsp3) is 0.100. The molecule has 0 aliphatic heterocycles. The summed E-state index contributed by atoms with van der Waals surface area (Å²) < 4.78 is 2.55. The molecule has 88 valence electrons. The molecule has 1 heterocycles. The molecule has 5 nitrogen and oxygen atoms in total. The first-order valence-corrected chi connectivity index (χ1v) is 6.24. The Morgan fingerprint density at radius 3 is 2.65 bits per heavy atom. The normalized spacial score (nSPS) is 10.5. The van der Waals surface area contributed by atoms with Gasteiger partial charge in [0, 0.05) is 22.8 Å². The molecule has 0 bridgehead atoms. The summed E-state index contributed by atoms with van der Waals surface area (Å²) in [5, 5.41) is 7.54. The zero-order chi connectivity index (χ0) is 12.6. The van der Waals surface area contributed by atoms with Crippen LogP contribution in [0, 0.1) is 0 Å². The number of nitrogens with two attached hydrogens (primary N) is 1. The fourth-order valence-corrected chi connectivity index (χ4v) is 2.26. The van der Waals surface area contributed by atoms with Crippen molar-refractivity contribution in [2.75, 3.05) is 5.73 Å². The second-order valence-electron chi connectivity index (χ2n) is 3.42. The van der Waals surface area contributed by atoms with Gasteiger partial charge in [0.15, 0.2) is 4.60 Å². The molecule has 0 aliphatic carbocycles. The first kappa shape index (κ1) is 12.3. The number of hydrogen-bond donors (Lipinski definition) is 1. The zero-order valence-electron chi connectivity index (χ0n) is 8.82. The molecule has 0 fully saturated rings. The van der Waals surface area contributed by atoms with E-state index < -0.39 is 0 Å². The van der Waals surface area contributed by atoms with Crippen LogP contribution in [0.3, 0.4) is 0 Å². The summed E-state index contributed by atoms with van der Waals surface area (Å²) >= 11 is 6.48. The lowest BCUT2D eigenvalue weighted by atomic mass is 10.1. The van der Waals surface area contributed by atoms with Crippen molar-refractivity contribution in [1.29, 1.82) is 0 Å². The Kier molecular flexibility index (Phi) is 3.30. The molecule has 0 unspecified atom stereocenters. The van der Waals surface area contributed by atoms with E-state index in [1.807, 2.05) is 0 Å². The van der Waals surface area contributed by atoms with Crippen LogP contribution in [0.5, 0.6) is 0 Å². The lowest BCUT2D eigenvalue weighted by Gasteiger charge is -2.03. The van der Waals surface area contributed by atoms with E-state index in [2.05, 4.69) is 42.2 Å². The Bertz CT molecular complexity index is 574. The van der Waals surface area contributed by atoms with Crippen LogP contribution in [0.1, 0.15) is 16.1 Å². The number of nitrogens with zero attached hydrogens (tertiary/aromatic N) is 3. The molecule has 0 spiro atoms. The monoisotopic (exact) mass is 358 g/mol. The highest BCUT2D eigenvalue weighted by Crippen LogP contribution is 2.23. The van der Waals surface area contributed by atoms with E-state index in [9.17, 15) is 4.79 Å². The molecule has 2 rings (SSSR count). The molecule has 1 aromatic carbocycles. The number of anilines is 1. The summed E-state index contributed by atoms with van der Waals surface area (Å²) in [5.74, 6) is -0.162. The molecule has 0 radical (unpaired) electrons. The summed E-state index contributed by atoms with van der Waals surface area (Å²) in [5.41, 5.74) is 7.19. The summed E-state index contributed by atoms with van der Waals surface area (Å²) in [6, 6.07) is 5.02. The van der Waals surface area contributed by atoms with E-state index in [1.165, 1.54) is 4.68 Å². The molecule has 0 atom stereocenters. The van der Waals surface area contributed by atoms with Gasteiger partial charge >= 0.3 is 0 Å². The van der Waals surface area contributed by atoms with Crippen molar-refractivity contribution in [3.8, 4) is 0 Å². The number of aromatic nitrogens is 3. The minimum Gasteiger partial charge on any atom is -0.398 e. The van der Waals surface area contributed by atoms with Crippen molar-refractivity contribution < 1.29 is 4.79 Å². The standard InChI is InChI=1S/C10H8Br2N4O/c1-16-8(10(12)14-15-16)9(17)5-2-3-7(13)6(11)4-5/h2-4H,13H2,1H3. The maximum Gasteiger partial charge on any atom is 0.213 e. The highest BCUT2D eigenvalue weighted by atomic mass is 79.9. The Morgan fingerprint density at radius 2 is 2.12 bits per heavy atom. The molecule has 0 amide bonds. The lowest BCUT2D eigenvalue weighted by molar-refractivity contribution is 0.102. The molecule has 0 saturated carbocycles. The van der Waals surface area contributed by atoms with Crippen LogP contribution < -0.4 is 5.73 Å². The van der Waals surface area contributed by atoms with Crippen LogP contribution in [0.4, 0.5) is 5.69 Å². The fourth-order valence-electron chi connectivity index (χ4n) is 1.38. The molecule has 0 saturated heterocycles. The van der Waals surface area contributed by atoms with Crippen molar-refractivity contribution in [3.63, 3.8) is 0 Å². The predicted octanol–water partition coefficient (Wildman–Crippen LogP) is 2.15. The molecular weight excluding hydrogens is 352 g/mol. The van der Waals surface area contributed by atoms with Crippen LogP contribution in [-0.4, -0.2) is 20.8 Å². The van der Waals surface area contributed by atoms with Crippen molar-refractivity contribution in [2.45, 2.75) is 0 Å². The van der Waals surface area contributed by atoms with Gasteiger partial charge in [-0.15, -0.1) is 5.10 Å². The number of carbonyl (C=O) groups excluding carboxylic acids is 1. The third kappa shape index (κ3) is 2.25. The Morgan fingerprint density at radius 1 is 1.41 bits per heavy atom. The van der Waals surface area contributed by atoms with Crippen LogP contribution in [-0.2, 0) is 7.05 Å². The summed E-state index contributed by atoms with van der Waals surface area (Å²) in [7, 11) is 1.66. The third-order valence-corrected chi connectivity index (χ3v) is 3.48. The van der Waals surface area contributed by atoms with E-state index >= 15 is 0 Å². The SMILES string of the molecule is Cn1nnc(Br)c1C(=O)c1ccc(N)c(Br)c1. The van der Waals surface area contributed by atoms with E-state index in [0.29, 0.717) is 26.0 Å². The maximum atomic E-state index is 12.2. The Labute approximate surface area is 114 Å². The Balaban J connectivity index is 2.48. The molecule has 2 aromatic rings. The van der Waals surface area contributed by atoms with Gasteiger partial charge in [-0.3, -0.25) is 4.79 Å². The summed E-state index contributed by atoms with van der Waals surface area (Å²) in [6.45, 7) is 0. The second-order valence-corrected chi connectivity index (χ2v) is 5.02. The van der Waals surface area contributed by atoms with E-state index in [0.717, 1.165) is 0 Å². The topological polar surface area (TPSA) is 73.8 Å². The molecule has 17 heavy (non-hydrogen) atoms. The predicted molar refractivity (Wildman–Crippen MR) is 70.7 cm³/mol. The number of nitrogen functional groups attached to an aromatic ring is 1.